The predicted molar refractivity (Wildman–Crippen MR) is 109 cm³/mol. The molecule has 4 N–H and O–H groups in total. The third-order valence-electron chi connectivity index (χ3n) is 6.17. The molecular weight excluding hydrogens is 343 g/mol. The number of anilines is 2. The van der Waals surface area contributed by atoms with Crippen molar-refractivity contribution in [3.8, 4) is 0 Å². The molecule has 1 saturated carbocycles. The second-order valence-corrected chi connectivity index (χ2v) is 8.12. The van der Waals surface area contributed by atoms with Gasteiger partial charge in [0.05, 0.1) is 5.69 Å². The first-order chi connectivity index (χ1) is 13.0. The van der Waals surface area contributed by atoms with E-state index in [1.165, 1.54) is 6.42 Å². The molecule has 27 heavy (non-hydrogen) atoms. The number of nitrogens with two attached hydrogens (primary N) is 2. The van der Waals surface area contributed by atoms with Gasteiger partial charge in [-0.2, -0.15) is 4.99 Å². The number of rotatable bonds is 2. The van der Waals surface area contributed by atoms with Crippen LogP contribution in [0.5, 0.6) is 0 Å². The highest BCUT2D eigenvalue weighted by Gasteiger charge is 2.42. The van der Waals surface area contributed by atoms with E-state index in [0.717, 1.165) is 51.6 Å². The van der Waals surface area contributed by atoms with Crippen molar-refractivity contribution >= 4 is 23.3 Å². The molecular formula is C20H29FN6. The highest BCUT2D eigenvalue weighted by molar-refractivity contribution is 6.05. The van der Waals surface area contributed by atoms with E-state index in [1.54, 1.807) is 6.07 Å². The van der Waals surface area contributed by atoms with Crippen LogP contribution in [0.3, 0.4) is 0 Å². The topological polar surface area (TPSA) is 83.2 Å². The Bertz CT molecular complexity index is 760. The van der Waals surface area contributed by atoms with Gasteiger partial charge in [-0.25, -0.2) is 9.38 Å². The Morgan fingerprint density at radius 2 is 1.81 bits per heavy atom. The molecule has 0 radical (unpaired) electrons. The van der Waals surface area contributed by atoms with Crippen molar-refractivity contribution in [1.82, 2.24) is 0 Å². The summed E-state index contributed by atoms with van der Waals surface area (Å²) in [6, 6.07) is 5.38. The molecule has 146 valence electrons. The van der Waals surface area contributed by atoms with E-state index in [4.69, 9.17) is 11.5 Å². The molecule has 2 aliphatic heterocycles. The molecule has 2 heterocycles. The number of hydrogen-bond acceptors (Lipinski definition) is 6. The molecule has 0 unspecified atom stereocenters. The van der Waals surface area contributed by atoms with Gasteiger partial charge in [-0.1, -0.05) is 13.3 Å². The smallest absolute Gasteiger partial charge is 0.220 e. The fraction of sp³-hybridized carbons (Fsp3) is 0.600. The summed E-state index contributed by atoms with van der Waals surface area (Å²) in [5.74, 6) is 0.999. The third-order valence-corrected chi connectivity index (χ3v) is 6.17. The van der Waals surface area contributed by atoms with Crippen molar-refractivity contribution in [3.63, 3.8) is 0 Å². The quantitative estimate of drug-likeness (QED) is 0.835. The SMILES string of the molecule is CC1CCN(c2ccc(N3C(N)=NC(N)=NC34CCCCC4)cc2F)CC1. The van der Waals surface area contributed by atoms with Crippen molar-refractivity contribution in [2.75, 3.05) is 22.9 Å². The maximum absolute atomic E-state index is 15.0. The zero-order valence-electron chi connectivity index (χ0n) is 16.0. The second kappa shape index (κ2) is 7.02. The van der Waals surface area contributed by atoms with E-state index in [-0.39, 0.29) is 11.8 Å². The van der Waals surface area contributed by atoms with Crippen LogP contribution < -0.4 is 21.3 Å². The number of nitrogens with zero attached hydrogens (tertiary/aromatic N) is 4. The monoisotopic (exact) mass is 372 g/mol. The fourth-order valence-corrected chi connectivity index (χ4v) is 4.64. The van der Waals surface area contributed by atoms with Crippen molar-refractivity contribution in [1.29, 1.82) is 0 Å². The Hall–Kier alpha value is -2.31. The molecule has 0 atom stereocenters. The van der Waals surface area contributed by atoms with Gasteiger partial charge in [-0.05, 0) is 62.6 Å². The van der Waals surface area contributed by atoms with Gasteiger partial charge in [-0.3, -0.25) is 4.90 Å². The van der Waals surface area contributed by atoms with Crippen molar-refractivity contribution in [2.24, 2.45) is 27.4 Å². The summed E-state index contributed by atoms with van der Waals surface area (Å²) in [7, 11) is 0. The lowest BCUT2D eigenvalue weighted by Gasteiger charge is -2.45. The zero-order chi connectivity index (χ0) is 19.0. The van der Waals surface area contributed by atoms with Crippen LogP contribution in [0.1, 0.15) is 51.9 Å². The first-order valence-electron chi connectivity index (χ1n) is 10.0. The number of aliphatic imine (C=N–C) groups is 2. The maximum atomic E-state index is 15.0. The molecule has 0 amide bonds. The number of halogens is 1. The molecule has 7 heteroatoms. The van der Waals surface area contributed by atoms with Gasteiger partial charge in [0.1, 0.15) is 11.5 Å². The van der Waals surface area contributed by atoms with Crippen molar-refractivity contribution < 1.29 is 4.39 Å². The van der Waals surface area contributed by atoms with Crippen LogP contribution in [-0.2, 0) is 0 Å². The number of benzene rings is 1. The Kier molecular flexibility index (Phi) is 4.70. The second-order valence-electron chi connectivity index (χ2n) is 8.12. The molecule has 4 rings (SSSR count). The van der Waals surface area contributed by atoms with Gasteiger partial charge >= 0.3 is 0 Å². The molecule has 1 aliphatic carbocycles. The van der Waals surface area contributed by atoms with Gasteiger partial charge < -0.3 is 16.4 Å². The molecule has 3 aliphatic rings. The van der Waals surface area contributed by atoms with E-state index in [0.29, 0.717) is 23.3 Å². The van der Waals surface area contributed by atoms with Gasteiger partial charge in [0.25, 0.3) is 0 Å². The lowest BCUT2D eigenvalue weighted by molar-refractivity contribution is 0.305. The number of guanidine groups is 2. The normalized spacial score (nSPS) is 23.3. The van der Waals surface area contributed by atoms with Crippen LogP contribution in [0.4, 0.5) is 15.8 Å². The van der Waals surface area contributed by atoms with Crippen LogP contribution in [-0.4, -0.2) is 30.7 Å². The van der Waals surface area contributed by atoms with E-state index in [1.807, 2.05) is 17.0 Å². The largest absolute Gasteiger partial charge is 0.369 e. The lowest BCUT2D eigenvalue weighted by Crippen LogP contribution is -2.58. The van der Waals surface area contributed by atoms with Crippen LogP contribution in [0.2, 0.25) is 0 Å². The first-order valence-corrected chi connectivity index (χ1v) is 10.0. The van der Waals surface area contributed by atoms with E-state index in [9.17, 15) is 0 Å². The molecule has 1 aromatic carbocycles. The van der Waals surface area contributed by atoms with E-state index < -0.39 is 5.66 Å². The van der Waals surface area contributed by atoms with Crippen molar-refractivity contribution in [2.45, 2.75) is 57.5 Å². The predicted octanol–water partition coefficient (Wildman–Crippen LogP) is 3.17. The molecule has 1 saturated heterocycles. The van der Waals surface area contributed by atoms with Crippen LogP contribution in [0.25, 0.3) is 0 Å². The standard InChI is InChI=1S/C20H29FN6/c1-14-7-11-26(12-8-14)17-6-5-15(13-16(17)21)27-19(23)24-18(22)25-20(27)9-3-2-4-10-20/h5-6,13-14H,2-4,7-12H2,1H3,(H4,22,23,24,25). The summed E-state index contributed by atoms with van der Waals surface area (Å²) in [6.45, 7) is 4.05. The molecule has 0 bridgehead atoms. The molecule has 2 fully saturated rings. The van der Waals surface area contributed by atoms with Gasteiger partial charge in [0.2, 0.25) is 11.9 Å². The number of hydrogen-bond donors (Lipinski definition) is 2. The van der Waals surface area contributed by atoms with Gasteiger partial charge in [0.15, 0.2) is 0 Å². The zero-order valence-corrected chi connectivity index (χ0v) is 16.0. The van der Waals surface area contributed by atoms with Crippen molar-refractivity contribution in [3.05, 3.63) is 24.0 Å². The number of piperidine rings is 1. The minimum Gasteiger partial charge on any atom is -0.369 e. The highest BCUT2D eigenvalue weighted by atomic mass is 19.1. The highest BCUT2D eigenvalue weighted by Crippen LogP contribution is 2.40. The maximum Gasteiger partial charge on any atom is 0.220 e. The molecule has 1 aromatic rings. The minimum absolute atomic E-state index is 0.213. The van der Waals surface area contributed by atoms with Gasteiger partial charge in [-0.15, -0.1) is 0 Å². The summed E-state index contributed by atoms with van der Waals surface area (Å²) in [5, 5.41) is 0. The Balaban J connectivity index is 1.65. The summed E-state index contributed by atoms with van der Waals surface area (Å²) in [5.41, 5.74) is 13.0. The summed E-state index contributed by atoms with van der Waals surface area (Å²) >= 11 is 0. The van der Waals surface area contributed by atoms with Crippen LogP contribution in [0.15, 0.2) is 28.2 Å². The van der Waals surface area contributed by atoms with Crippen LogP contribution in [0, 0.1) is 11.7 Å². The molecule has 6 nitrogen and oxygen atoms in total. The fourth-order valence-electron chi connectivity index (χ4n) is 4.64. The summed E-state index contributed by atoms with van der Waals surface area (Å²) in [4.78, 5) is 12.8. The van der Waals surface area contributed by atoms with Gasteiger partial charge in [0, 0.05) is 18.8 Å². The molecule has 1 spiro atoms. The third kappa shape index (κ3) is 3.35. The molecule has 0 aromatic heterocycles. The first kappa shape index (κ1) is 18.1. The van der Waals surface area contributed by atoms with E-state index in [2.05, 4.69) is 21.8 Å². The summed E-state index contributed by atoms with van der Waals surface area (Å²) < 4.78 is 15.0. The Labute approximate surface area is 160 Å². The average molecular weight is 372 g/mol. The average Bonchev–Trinajstić information content (AvgIpc) is 2.63. The van der Waals surface area contributed by atoms with Crippen LogP contribution >= 0.6 is 0 Å². The van der Waals surface area contributed by atoms with E-state index >= 15 is 4.39 Å². The Morgan fingerprint density at radius 1 is 1.11 bits per heavy atom. The lowest BCUT2D eigenvalue weighted by atomic mass is 9.87. The Morgan fingerprint density at radius 3 is 2.48 bits per heavy atom. The minimum atomic E-state index is -0.539. The summed E-state index contributed by atoms with van der Waals surface area (Å²) in [6.07, 6.45) is 7.16.